The summed E-state index contributed by atoms with van der Waals surface area (Å²) in [6.45, 7) is 27.0. The summed E-state index contributed by atoms with van der Waals surface area (Å²) < 4.78 is 155. The molecule has 3 fully saturated rings. The zero-order chi connectivity index (χ0) is 61.6. The maximum Gasteiger partial charge on any atom is 0.497 e. The summed E-state index contributed by atoms with van der Waals surface area (Å²) in [7, 11) is -6.40. The molecular weight excluding hydrogens is 1180 g/mol. The molecule has 16 nitrogen and oxygen atoms in total. The average molecular weight is 1250 g/mol. The lowest BCUT2D eigenvalue weighted by atomic mass is 9.49. The summed E-state index contributed by atoms with van der Waals surface area (Å²) in [6.07, 6.45) is 2.35. The van der Waals surface area contributed by atoms with E-state index in [9.17, 15) is 44.0 Å². The molecule has 0 atom stereocenters. The summed E-state index contributed by atoms with van der Waals surface area (Å²) in [4.78, 5) is 25.6. The van der Waals surface area contributed by atoms with Crippen molar-refractivity contribution in [3.8, 4) is 22.6 Å². The van der Waals surface area contributed by atoms with Crippen LogP contribution >= 0.6 is 15.9 Å². The van der Waals surface area contributed by atoms with Gasteiger partial charge in [-0.2, -0.15) is 0 Å². The zero-order valence-electron chi connectivity index (χ0n) is 49.2. The number of Topliss-reactive ketones (excluding diaryl/α,β-unsaturated/α-hetero) is 2. The number of hydrogen-bond acceptors (Lipinski definition) is 14. The number of benzene rings is 4. The molecule has 82 heavy (non-hydrogen) atoms. The fourth-order valence-electron chi connectivity index (χ4n) is 8.92. The molecule has 3 aliphatic heterocycles. The van der Waals surface area contributed by atoms with E-state index in [1.54, 1.807) is 26.0 Å². The number of halogens is 5. The largest absolute Gasteiger partial charge is 0.497 e. The Labute approximate surface area is 486 Å². The van der Waals surface area contributed by atoms with Crippen LogP contribution in [0.5, 0.6) is 0 Å². The molecule has 442 valence electrons. The number of carbonyl (C=O) groups excluding carboxylic acids is 2. The first kappa shape index (κ1) is 64.5. The van der Waals surface area contributed by atoms with E-state index >= 15 is 0 Å². The van der Waals surface area contributed by atoms with E-state index in [2.05, 4.69) is 15.9 Å². The van der Waals surface area contributed by atoms with Crippen molar-refractivity contribution in [2.75, 3.05) is 35.2 Å². The number of sulfonamides is 2. The number of nitrogens with zero attached hydrogens (tertiary/aromatic N) is 2. The Morgan fingerprint density at radius 3 is 1.18 bits per heavy atom. The van der Waals surface area contributed by atoms with Gasteiger partial charge in [0.1, 0.15) is 46.0 Å². The summed E-state index contributed by atoms with van der Waals surface area (Å²) in [5.74, 6) is -3.96. The van der Waals surface area contributed by atoms with Crippen molar-refractivity contribution in [3.63, 3.8) is 0 Å². The lowest BCUT2D eigenvalue weighted by Gasteiger charge is -2.32. The van der Waals surface area contributed by atoms with E-state index in [0.29, 0.717) is 38.5 Å². The molecule has 5 heterocycles. The fourth-order valence-corrected chi connectivity index (χ4v) is 10.7. The molecule has 3 aliphatic rings. The molecule has 0 bridgehead atoms. The van der Waals surface area contributed by atoms with Crippen LogP contribution in [-0.4, -0.2) is 110 Å². The first-order chi connectivity index (χ1) is 37.5. The molecule has 26 heteroatoms. The van der Waals surface area contributed by atoms with Crippen molar-refractivity contribution in [1.82, 2.24) is 0 Å². The predicted octanol–water partition coefficient (Wildman–Crippen LogP) is 12.0. The Kier molecular flexibility index (Phi) is 17.6. The number of hydrogen-bond donors (Lipinski definition) is 0. The molecule has 3 saturated heterocycles. The maximum atomic E-state index is 14.7. The van der Waals surface area contributed by atoms with E-state index in [0.717, 1.165) is 33.3 Å². The Morgan fingerprint density at radius 2 is 0.841 bits per heavy atom. The van der Waals surface area contributed by atoms with Crippen LogP contribution in [0.25, 0.3) is 44.6 Å². The van der Waals surface area contributed by atoms with Gasteiger partial charge in [-0.1, -0.05) is 13.8 Å². The Bertz CT molecular complexity index is 3660. The van der Waals surface area contributed by atoms with Crippen LogP contribution in [0.15, 0.2) is 74.0 Å². The highest BCUT2D eigenvalue weighted by Crippen LogP contribution is 2.45. The second kappa shape index (κ2) is 22.4. The van der Waals surface area contributed by atoms with Crippen LogP contribution in [0.3, 0.4) is 0 Å². The topological polar surface area (TPSA) is 191 Å². The highest BCUT2D eigenvalue weighted by atomic mass is 79.9. The van der Waals surface area contributed by atoms with Crippen molar-refractivity contribution >= 4 is 107 Å². The van der Waals surface area contributed by atoms with Crippen LogP contribution < -0.4 is 14.1 Å². The normalized spacial score (nSPS) is 18.5. The van der Waals surface area contributed by atoms with Crippen molar-refractivity contribution in [2.24, 2.45) is 0 Å². The van der Waals surface area contributed by atoms with Gasteiger partial charge in [0.25, 0.3) is 0 Å². The number of ketones is 2. The third-order valence-electron chi connectivity index (χ3n) is 16.1. The molecule has 2 aromatic heterocycles. The fraction of sp³-hybridized carbons (Fsp3) is 0.464. The molecule has 0 N–H and O–H groups in total. The van der Waals surface area contributed by atoms with Crippen LogP contribution in [0.2, 0.25) is 0 Å². The predicted molar refractivity (Wildman–Crippen MR) is 314 cm³/mol. The van der Waals surface area contributed by atoms with Crippen LogP contribution in [0.1, 0.15) is 130 Å². The molecule has 6 aromatic rings. The van der Waals surface area contributed by atoms with Gasteiger partial charge in [0.05, 0.1) is 79.7 Å². The monoisotopic (exact) mass is 1240 g/mol. The van der Waals surface area contributed by atoms with Crippen molar-refractivity contribution in [2.45, 2.75) is 143 Å². The Hall–Kier alpha value is -5.05. The van der Waals surface area contributed by atoms with E-state index < -0.39 is 75.7 Å². The second-order valence-electron chi connectivity index (χ2n) is 23.4. The number of fused-ring (bicyclic) bond motifs is 2. The first-order valence-corrected chi connectivity index (χ1v) is 30.8. The first-order valence-electron chi connectivity index (χ1n) is 26.3. The van der Waals surface area contributed by atoms with E-state index in [4.69, 9.17) is 36.8 Å². The lowest BCUT2D eigenvalue weighted by Crippen LogP contribution is -2.41. The molecule has 0 radical (unpaired) electrons. The number of carbonyl (C=O) groups is 2. The molecule has 0 unspecified atom stereocenters. The van der Waals surface area contributed by atoms with Crippen molar-refractivity contribution in [1.29, 1.82) is 0 Å². The molecule has 9 rings (SSSR count). The van der Waals surface area contributed by atoms with Gasteiger partial charge in [-0.3, -0.25) is 18.2 Å². The minimum absolute atomic E-state index is 0.0228. The van der Waals surface area contributed by atoms with E-state index in [-0.39, 0.29) is 97.4 Å². The molecule has 0 aliphatic carbocycles. The van der Waals surface area contributed by atoms with Gasteiger partial charge in [0, 0.05) is 71.9 Å². The second-order valence-corrected chi connectivity index (χ2v) is 28.3. The lowest BCUT2D eigenvalue weighted by molar-refractivity contribution is 0.00578. The Morgan fingerprint density at radius 1 is 0.512 bits per heavy atom. The van der Waals surface area contributed by atoms with Gasteiger partial charge < -0.3 is 36.8 Å². The number of rotatable bonds is 12. The van der Waals surface area contributed by atoms with Crippen molar-refractivity contribution < 1.29 is 80.7 Å². The quantitative estimate of drug-likeness (QED) is 0.0639. The Balaban J connectivity index is 0.000000187. The average Bonchev–Trinajstić information content (AvgIpc) is 2.97. The minimum atomic E-state index is -3.71. The summed E-state index contributed by atoms with van der Waals surface area (Å²) in [5.41, 5.74) is -1.46. The summed E-state index contributed by atoms with van der Waals surface area (Å²) in [5, 5.41) is 0.749. The third-order valence-corrected chi connectivity index (χ3v) is 19.1. The zero-order valence-corrected chi connectivity index (χ0v) is 52.5. The van der Waals surface area contributed by atoms with E-state index in [1.165, 1.54) is 38.4 Å². The van der Waals surface area contributed by atoms with E-state index in [1.807, 2.05) is 83.1 Å². The minimum Gasteiger partial charge on any atom is -0.455 e. The maximum absolute atomic E-state index is 14.7. The number of furan rings is 2. The smallest absolute Gasteiger partial charge is 0.455 e. The highest BCUT2D eigenvalue weighted by Gasteiger charge is 2.64. The van der Waals surface area contributed by atoms with Crippen LogP contribution in [-0.2, 0) is 48.0 Å². The van der Waals surface area contributed by atoms with Gasteiger partial charge in [0.2, 0.25) is 20.0 Å². The van der Waals surface area contributed by atoms with Crippen molar-refractivity contribution in [3.05, 3.63) is 99.5 Å². The molecule has 4 aromatic carbocycles. The highest BCUT2D eigenvalue weighted by molar-refractivity contribution is 9.10. The van der Waals surface area contributed by atoms with Gasteiger partial charge in [0.15, 0.2) is 11.6 Å². The summed E-state index contributed by atoms with van der Waals surface area (Å²) >= 11 is 3.32. The summed E-state index contributed by atoms with van der Waals surface area (Å²) in [6, 6.07) is 12.0. The molecule has 0 saturated carbocycles. The standard InChI is InChI=1S/C25H28BF2NO6S.C19H16BrF2NO4S.C12H24B2O4/c1-8-20(30)22-16-12-17(26-34-24(2,3)25(4,5)35-26)19(29(6)36(7,31)32)13-21(16)33-23(22)15-10-9-14(27)11-18(15)28;1-4-16(24)18-12-8-13(20)15(23(2)28(3,25)26)9-17(12)27-19(18)11-6-5-10(21)7-14(11)22;1-9(2)10(3,4)16-13(15-9)14-17-11(5,6)12(7,8)18-14/h9-13H,8H2,1-7H3;5-9H,4H2,1-3H3;1-8H3. The van der Waals surface area contributed by atoms with Gasteiger partial charge in [-0.25, -0.2) is 34.4 Å². The van der Waals surface area contributed by atoms with Gasteiger partial charge in [-0.05, 0) is 135 Å². The molecule has 0 spiro atoms. The van der Waals surface area contributed by atoms with Gasteiger partial charge in [-0.15, -0.1) is 0 Å². The van der Waals surface area contributed by atoms with Crippen LogP contribution in [0, 0.1) is 23.3 Å². The molecule has 0 amide bonds. The van der Waals surface area contributed by atoms with Crippen LogP contribution in [0.4, 0.5) is 28.9 Å². The third kappa shape index (κ3) is 12.4. The van der Waals surface area contributed by atoms with Gasteiger partial charge >= 0.3 is 21.1 Å². The molecular formula is C56H68B3BrF4N2O14S2. The SMILES string of the molecule is CC1(C)OB(B2OC(C)(C)C(C)(C)O2)OC1(C)C.CCC(=O)c1c(-c2ccc(F)cc2F)oc2cc(N(C)S(C)(=O)=O)c(B3OC(C)(C)C(C)(C)O3)cc12.CCC(=O)c1c(-c2ccc(F)cc2F)oc2cc(N(C)S(C)(=O)=O)c(Br)cc12. The number of anilines is 2.